The van der Waals surface area contributed by atoms with E-state index >= 15 is 0 Å². The van der Waals surface area contributed by atoms with Gasteiger partial charge in [0.05, 0.1) is 11.1 Å². The van der Waals surface area contributed by atoms with Crippen molar-refractivity contribution in [1.29, 1.82) is 0 Å². The lowest BCUT2D eigenvalue weighted by atomic mass is 9.95. The van der Waals surface area contributed by atoms with Gasteiger partial charge in [-0.05, 0) is 31.0 Å². The fraction of sp³-hybridized carbons (Fsp3) is 0.529. The molecule has 1 aliphatic carbocycles. The minimum atomic E-state index is -1.20. The molecule has 1 amide bonds. The summed E-state index contributed by atoms with van der Waals surface area (Å²) in [5.41, 5.74) is -0.211. The molecule has 0 saturated heterocycles. The lowest BCUT2D eigenvalue weighted by molar-refractivity contribution is 0.0683. The number of hydrogen-bond acceptors (Lipinski definition) is 2. The highest BCUT2D eigenvalue weighted by molar-refractivity contribution is 5.96. The molecule has 0 unspecified atom stereocenters. The lowest BCUT2D eigenvalue weighted by Gasteiger charge is -2.30. The fourth-order valence-corrected chi connectivity index (χ4v) is 3.00. The van der Waals surface area contributed by atoms with E-state index in [2.05, 4.69) is 0 Å². The molecular weight excluding hydrogens is 285 g/mol. The van der Waals surface area contributed by atoms with Crippen molar-refractivity contribution in [3.63, 3.8) is 0 Å². The van der Waals surface area contributed by atoms with E-state index in [0.29, 0.717) is 0 Å². The third-order valence-corrected chi connectivity index (χ3v) is 4.39. The number of amides is 1. The van der Waals surface area contributed by atoms with Crippen LogP contribution in [0.1, 0.15) is 65.7 Å². The van der Waals surface area contributed by atoms with Crippen LogP contribution in [-0.4, -0.2) is 35.0 Å². The van der Waals surface area contributed by atoms with Gasteiger partial charge in [-0.15, -0.1) is 0 Å². The third kappa shape index (κ3) is 3.84. The number of hydrogen-bond donors (Lipinski definition) is 1. The summed E-state index contributed by atoms with van der Waals surface area (Å²) in [6, 6.07) is 3.57. The minimum absolute atomic E-state index is 0.0606. The van der Waals surface area contributed by atoms with E-state index in [1.807, 2.05) is 0 Å². The van der Waals surface area contributed by atoms with Crippen LogP contribution in [-0.2, 0) is 0 Å². The quantitative estimate of drug-likeness (QED) is 0.926. The van der Waals surface area contributed by atoms with Crippen molar-refractivity contribution >= 4 is 11.9 Å². The van der Waals surface area contributed by atoms with Crippen LogP contribution >= 0.6 is 0 Å². The van der Waals surface area contributed by atoms with Gasteiger partial charge in [0.25, 0.3) is 5.91 Å². The van der Waals surface area contributed by atoms with Gasteiger partial charge in [-0.3, -0.25) is 4.79 Å². The summed E-state index contributed by atoms with van der Waals surface area (Å²) < 4.78 is 14.0. The number of rotatable bonds is 3. The Morgan fingerprint density at radius 2 is 1.73 bits per heavy atom. The van der Waals surface area contributed by atoms with E-state index in [-0.39, 0.29) is 23.1 Å². The zero-order valence-electron chi connectivity index (χ0n) is 12.8. The average Bonchev–Trinajstić information content (AvgIpc) is 2.45. The second-order valence-electron chi connectivity index (χ2n) is 5.91. The van der Waals surface area contributed by atoms with Gasteiger partial charge in [-0.25, -0.2) is 9.18 Å². The number of halogens is 1. The molecule has 0 aromatic heterocycles. The number of benzene rings is 1. The molecule has 0 bridgehead atoms. The van der Waals surface area contributed by atoms with Gasteiger partial charge in [0.2, 0.25) is 0 Å². The van der Waals surface area contributed by atoms with Crippen LogP contribution in [0.3, 0.4) is 0 Å². The predicted octanol–water partition coefficient (Wildman–Crippen LogP) is 3.71. The molecule has 1 aromatic carbocycles. The second kappa shape index (κ2) is 7.38. The summed E-state index contributed by atoms with van der Waals surface area (Å²) >= 11 is 0. The van der Waals surface area contributed by atoms with Crippen molar-refractivity contribution in [1.82, 2.24) is 4.90 Å². The molecule has 22 heavy (non-hydrogen) atoms. The van der Waals surface area contributed by atoms with Gasteiger partial charge in [0.15, 0.2) is 0 Å². The first kappa shape index (κ1) is 16.5. The van der Waals surface area contributed by atoms with Gasteiger partial charge in [0.1, 0.15) is 5.82 Å². The van der Waals surface area contributed by atoms with Crippen LogP contribution in [0.4, 0.5) is 4.39 Å². The maximum atomic E-state index is 14.0. The molecule has 2 rings (SSSR count). The Hall–Kier alpha value is -1.91. The zero-order valence-corrected chi connectivity index (χ0v) is 12.8. The summed E-state index contributed by atoms with van der Waals surface area (Å²) in [5, 5.41) is 8.85. The standard InChI is InChI=1S/C17H22FNO3/c1-19(13-7-5-3-2-4-6-8-13)16(20)14-10-9-12(17(21)22)11-15(14)18/h9-11,13H,2-8H2,1H3,(H,21,22). The molecule has 1 saturated carbocycles. The van der Waals surface area contributed by atoms with E-state index in [9.17, 15) is 14.0 Å². The van der Waals surface area contributed by atoms with Crippen LogP contribution in [0.15, 0.2) is 18.2 Å². The van der Waals surface area contributed by atoms with Crippen molar-refractivity contribution < 1.29 is 19.1 Å². The van der Waals surface area contributed by atoms with Crippen LogP contribution in [0.25, 0.3) is 0 Å². The molecule has 120 valence electrons. The van der Waals surface area contributed by atoms with Gasteiger partial charge < -0.3 is 10.0 Å². The maximum Gasteiger partial charge on any atom is 0.335 e. The SMILES string of the molecule is CN(C(=O)c1ccc(C(=O)O)cc1F)C1CCCCCCC1. The highest BCUT2D eigenvalue weighted by atomic mass is 19.1. The van der Waals surface area contributed by atoms with Crippen LogP contribution < -0.4 is 0 Å². The molecule has 1 N–H and O–H groups in total. The molecule has 1 aromatic rings. The number of carboxylic acids is 1. The number of carbonyl (C=O) groups is 2. The molecule has 0 atom stereocenters. The van der Waals surface area contributed by atoms with Crippen LogP contribution in [0.5, 0.6) is 0 Å². The van der Waals surface area contributed by atoms with E-state index in [4.69, 9.17) is 5.11 Å². The topological polar surface area (TPSA) is 57.6 Å². The maximum absolute atomic E-state index is 14.0. The molecule has 0 spiro atoms. The van der Waals surface area contributed by atoms with Gasteiger partial charge in [0, 0.05) is 13.1 Å². The zero-order chi connectivity index (χ0) is 16.1. The number of carbonyl (C=O) groups excluding carboxylic acids is 1. The number of aromatic carboxylic acids is 1. The highest BCUT2D eigenvalue weighted by Gasteiger charge is 2.24. The predicted molar refractivity (Wildman–Crippen MR) is 81.6 cm³/mol. The summed E-state index contributed by atoms with van der Waals surface area (Å²) in [6.07, 6.45) is 7.66. The average molecular weight is 307 g/mol. The van der Waals surface area contributed by atoms with Gasteiger partial charge >= 0.3 is 5.97 Å². The van der Waals surface area contributed by atoms with E-state index < -0.39 is 11.8 Å². The summed E-state index contributed by atoms with van der Waals surface area (Å²) in [5.74, 6) is -2.35. The van der Waals surface area contributed by atoms with E-state index in [1.54, 1.807) is 11.9 Å². The summed E-state index contributed by atoms with van der Waals surface area (Å²) in [4.78, 5) is 24.9. The monoisotopic (exact) mass is 307 g/mol. The molecule has 1 fully saturated rings. The second-order valence-corrected chi connectivity index (χ2v) is 5.91. The van der Waals surface area contributed by atoms with E-state index in [1.165, 1.54) is 31.4 Å². The highest BCUT2D eigenvalue weighted by Crippen LogP contribution is 2.22. The number of carboxylic acid groups (broad SMARTS) is 1. The van der Waals surface area contributed by atoms with Crippen molar-refractivity contribution in [2.45, 2.75) is 51.0 Å². The van der Waals surface area contributed by atoms with Crippen LogP contribution in [0, 0.1) is 5.82 Å². The Kier molecular flexibility index (Phi) is 5.52. The first-order valence-corrected chi connectivity index (χ1v) is 7.80. The molecule has 1 aliphatic rings. The van der Waals surface area contributed by atoms with Crippen LogP contribution in [0.2, 0.25) is 0 Å². The molecular formula is C17H22FNO3. The third-order valence-electron chi connectivity index (χ3n) is 4.39. The lowest BCUT2D eigenvalue weighted by Crippen LogP contribution is -2.38. The Morgan fingerprint density at radius 3 is 2.27 bits per heavy atom. The molecule has 0 heterocycles. The first-order chi connectivity index (χ1) is 10.5. The van der Waals surface area contributed by atoms with Crippen molar-refractivity contribution in [3.05, 3.63) is 35.1 Å². The van der Waals surface area contributed by atoms with Crippen molar-refractivity contribution in [2.24, 2.45) is 0 Å². The molecule has 0 radical (unpaired) electrons. The summed E-state index contributed by atoms with van der Waals surface area (Å²) in [6.45, 7) is 0. The Balaban J connectivity index is 2.13. The normalized spacial score (nSPS) is 16.6. The van der Waals surface area contributed by atoms with Gasteiger partial charge in [-0.2, -0.15) is 0 Å². The first-order valence-electron chi connectivity index (χ1n) is 7.80. The molecule has 5 heteroatoms. The Morgan fingerprint density at radius 1 is 1.14 bits per heavy atom. The fourth-order valence-electron chi connectivity index (χ4n) is 3.00. The smallest absolute Gasteiger partial charge is 0.335 e. The Bertz CT molecular complexity index is 551. The van der Waals surface area contributed by atoms with Crippen molar-refractivity contribution in [3.8, 4) is 0 Å². The number of nitrogens with zero attached hydrogens (tertiary/aromatic N) is 1. The van der Waals surface area contributed by atoms with Gasteiger partial charge in [-0.1, -0.05) is 32.1 Å². The minimum Gasteiger partial charge on any atom is -0.478 e. The Labute approximate surface area is 129 Å². The van der Waals surface area contributed by atoms with E-state index in [0.717, 1.165) is 31.7 Å². The molecule has 4 nitrogen and oxygen atoms in total. The summed E-state index contributed by atoms with van der Waals surface area (Å²) in [7, 11) is 1.71. The largest absolute Gasteiger partial charge is 0.478 e. The van der Waals surface area contributed by atoms with Crippen molar-refractivity contribution in [2.75, 3.05) is 7.05 Å². The molecule has 0 aliphatic heterocycles.